The smallest absolute Gasteiger partial charge is 0.312 e. The van der Waals surface area contributed by atoms with Gasteiger partial charge in [-0.05, 0) is 13.8 Å². The maximum atomic E-state index is 9.92. The minimum absolute atomic E-state index is 0.150. The molecule has 0 unspecified atom stereocenters. The highest BCUT2D eigenvalue weighted by atomic mass is 16.2. The summed E-state index contributed by atoms with van der Waals surface area (Å²) in [5, 5.41) is 2.44. The first-order valence-corrected chi connectivity index (χ1v) is 4.19. The van der Waals surface area contributed by atoms with Crippen LogP contribution in [0.5, 0.6) is 0 Å². The highest BCUT2D eigenvalue weighted by Crippen LogP contribution is 1.79. The number of hydrogen-bond donors (Lipinski definition) is 2. The third-order valence-corrected chi connectivity index (χ3v) is 1.10. The predicted molar refractivity (Wildman–Crippen MR) is 54.3 cm³/mol. The highest BCUT2D eigenvalue weighted by molar-refractivity contribution is 5.71. The zero-order valence-corrected chi connectivity index (χ0v) is 8.03. The van der Waals surface area contributed by atoms with Gasteiger partial charge in [-0.3, -0.25) is 0 Å². The summed E-state index contributed by atoms with van der Waals surface area (Å²) in [7, 11) is 0. The molecule has 1 aromatic rings. The second-order valence-corrected chi connectivity index (χ2v) is 2.82. The Morgan fingerprint density at radius 1 is 1.08 bits per heavy atom. The lowest BCUT2D eigenvalue weighted by atomic mass is 10.4. The Hall–Kier alpha value is -1.51. The average molecular weight is 180 g/mol. The van der Waals surface area contributed by atoms with Crippen LogP contribution in [0.15, 0.2) is 36.4 Å². The first kappa shape index (κ1) is 11.5. The number of amides is 2. The number of urea groups is 1. The lowest BCUT2D eigenvalue weighted by Crippen LogP contribution is -2.34. The fraction of sp³-hybridized carbons (Fsp3) is 0.300. The Morgan fingerprint density at radius 2 is 1.38 bits per heavy atom. The van der Waals surface area contributed by atoms with Gasteiger partial charge in [-0.25, -0.2) is 4.79 Å². The molecule has 0 aliphatic carbocycles. The van der Waals surface area contributed by atoms with Crippen molar-refractivity contribution < 1.29 is 4.79 Å². The van der Waals surface area contributed by atoms with Gasteiger partial charge in [0.05, 0.1) is 0 Å². The van der Waals surface area contributed by atoms with E-state index in [0.717, 1.165) is 0 Å². The second kappa shape index (κ2) is 7.16. The first-order valence-electron chi connectivity index (χ1n) is 4.19. The van der Waals surface area contributed by atoms with Gasteiger partial charge in [-0.1, -0.05) is 36.4 Å². The van der Waals surface area contributed by atoms with Crippen molar-refractivity contribution in [1.82, 2.24) is 5.32 Å². The third kappa shape index (κ3) is 10.5. The van der Waals surface area contributed by atoms with Gasteiger partial charge in [0.2, 0.25) is 0 Å². The Bertz CT molecular complexity index is 195. The zero-order chi connectivity index (χ0) is 10.1. The predicted octanol–water partition coefficient (Wildman–Crippen LogP) is 1.75. The Morgan fingerprint density at radius 3 is 1.46 bits per heavy atom. The Kier molecular flexibility index (Phi) is 6.32. The largest absolute Gasteiger partial charge is 0.352 e. The Labute approximate surface area is 78.9 Å². The van der Waals surface area contributed by atoms with Crippen molar-refractivity contribution in [2.75, 3.05) is 0 Å². The van der Waals surface area contributed by atoms with E-state index in [0.29, 0.717) is 0 Å². The van der Waals surface area contributed by atoms with Crippen molar-refractivity contribution in [3.05, 3.63) is 36.4 Å². The standard InChI is InChI=1S/C6H6.C4H10N2O/c1-2-4-6-5-3-1;1-3(2)6-4(5)7/h1-6H;3H,1-2H3,(H3,5,6,7). The fourth-order valence-corrected chi connectivity index (χ4v) is 0.669. The number of primary amides is 1. The molecule has 0 aliphatic rings. The number of carbonyl (C=O) groups is 1. The van der Waals surface area contributed by atoms with E-state index in [2.05, 4.69) is 5.32 Å². The van der Waals surface area contributed by atoms with Crippen LogP contribution < -0.4 is 11.1 Å². The normalized spacial score (nSPS) is 8.54. The summed E-state index contributed by atoms with van der Waals surface area (Å²) in [4.78, 5) is 9.92. The van der Waals surface area contributed by atoms with Gasteiger partial charge in [-0.2, -0.15) is 0 Å². The maximum Gasteiger partial charge on any atom is 0.312 e. The van der Waals surface area contributed by atoms with Crippen LogP contribution in [0.4, 0.5) is 4.79 Å². The summed E-state index contributed by atoms with van der Waals surface area (Å²) >= 11 is 0. The minimum Gasteiger partial charge on any atom is -0.352 e. The zero-order valence-electron chi connectivity index (χ0n) is 8.03. The second-order valence-electron chi connectivity index (χ2n) is 2.82. The molecule has 0 aliphatic heterocycles. The lowest BCUT2D eigenvalue weighted by Gasteiger charge is -2.01. The molecule has 0 saturated carbocycles. The number of rotatable bonds is 1. The average Bonchev–Trinajstić information content (AvgIpc) is 2.06. The molecule has 0 aromatic heterocycles. The molecule has 2 amide bonds. The SMILES string of the molecule is CC(C)NC(N)=O.c1ccccc1. The van der Waals surface area contributed by atoms with Gasteiger partial charge >= 0.3 is 6.03 Å². The number of nitrogens with two attached hydrogens (primary N) is 1. The van der Waals surface area contributed by atoms with E-state index >= 15 is 0 Å². The van der Waals surface area contributed by atoms with Crippen molar-refractivity contribution in [3.63, 3.8) is 0 Å². The van der Waals surface area contributed by atoms with E-state index in [1.807, 2.05) is 50.2 Å². The van der Waals surface area contributed by atoms with Crippen LogP contribution in [0.25, 0.3) is 0 Å². The molecule has 1 aromatic carbocycles. The molecule has 0 fully saturated rings. The van der Waals surface area contributed by atoms with E-state index in [1.165, 1.54) is 0 Å². The molecule has 72 valence electrons. The molecule has 3 nitrogen and oxygen atoms in total. The van der Waals surface area contributed by atoms with Crippen LogP contribution in [0.1, 0.15) is 13.8 Å². The molecule has 0 spiro atoms. The van der Waals surface area contributed by atoms with Gasteiger partial charge in [0.25, 0.3) is 0 Å². The van der Waals surface area contributed by atoms with E-state index in [1.54, 1.807) is 0 Å². The van der Waals surface area contributed by atoms with Crippen LogP contribution >= 0.6 is 0 Å². The summed E-state index contributed by atoms with van der Waals surface area (Å²) in [6.07, 6.45) is 0. The Balaban J connectivity index is 0.000000223. The van der Waals surface area contributed by atoms with Crippen molar-refractivity contribution in [1.29, 1.82) is 0 Å². The summed E-state index contributed by atoms with van der Waals surface area (Å²) in [6, 6.07) is 11.7. The van der Waals surface area contributed by atoms with Gasteiger partial charge in [0.1, 0.15) is 0 Å². The molecular formula is C10H16N2O. The third-order valence-electron chi connectivity index (χ3n) is 1.10. The monoisotopic (exact) mass is 180 g/mol. The molecule has 0 heterocycles. The lowest BCUT2D eigenvalue weighted by molar-refractivity contribution is 0.247. The minimum atomic E-state index is -0.463. The fourth-order valence-electron chi connectivity index (χ4n) is 0.669. The topological polar surface area (TPSA) is 55.1 Å². The molecule has 0 radical (unpaired) electrons. The van der Waals surface area contributed by atoms with E-state index in [-0.39, 0.29) is 6.04 Å². The van der Waals surface area contributed by atoms with Crippen molar-refractivity contribution in [2.45, 2.75) is 19.9 Å². The van der Waals surface area contributed by atoms with Gasteiger partial charge in [0.15, 0.2) is 0 Å². The summed E-state index contributed by atoms with van der Waals surface area (Å²) in [5.74, 6) is 0. The van der Waals surface area contributed by atoms with Crippen molar-refractivity contribution in [2.24, 2.45) is 5.73 Å². The molecule has 13 heavy (non-hydrogen) atoms. The van der Waals surface area contributed by atoms with Crippen LogP contribution in [-0.4, -0.2) is 12.1 Å². The van der Waals surface area contributed by atoms with Crippen molar-refractivity contribution >= 4 is 6.03 Å². The van der Waals surface area contributed by atoms with Crippen LogP contribution in [-0.2, 0) is 0 Å². The molecule has 3 heteroatoms. The number of benzene rings is 1. The van der Waals surface area contributed by atoms with E-state index in [4.69, 9.17) is 5.73 Å². The van der Waals surface area contributed by atoms with E-state index < -0.39 is 6.03 Å². The maximum absolute atomic E-state index is 9.92. The quantitative estimate of drug-likeness (QED) is 0.679. The van der Waals surface area contributed by atoms with E-state index in [9.17, 15) is 4.79 Å². The molecule has 0 saturated heterocycles. The molecule has 3 N–H and O–H groups in total. The first-order chi connectivity index (χ1) is 6.13. The number of nitrogens with one attached hydrogen (secondary N) is 1. The van der Waals surface area contributed by atoms with Gasteiger partial charge in [0, 0.05) is 6.04 Å². The molecule has 0 bridgehead atoms. The number of hydrogen-bond acceptors (Lipinski definition) is 1. The molecular weight excluding hydrogens is 164 g/mol. The van der Waals surface area contributed by atoms with Crippen LogP contribution in [0, 0.1) is 0 Å². The summed E-state index contributed by atoms with van der Waals surface area (Å²) in [6.45, 7) is 3.70. The van der Waals surface area contributed by atoms with Crippen LogP contribution in [0.2, 0.25) is 0 Å². The number of carbonyl (C=O) groups excluding carboxylic acids is 1. The van der Waals surface area contributed by atoms with Gasteiger partial charge < -0.3 is 11.1 Å². The summed E-state index contributed by atoms with van der Waals surface area (Å²) in [5.41, 5.74) is 4.74. The van der Waals surface area contributed by atoms with Crippen LogP contribution in [0.3, 0.4) is 0 Å². The molecule has 0 atom stereocenters. The van der Waals surface area contributed by atoms with Gasteiger partial charge in [-0.15, -0.1) is 0 Å². The molecule has 1 rings (SSSR count). The highest BCUT2D eigenvalue weighted by Gasteiger charge is 1.91. The van der Waals surface area contributed by atoms with Crippen molar-refractivity contribution in [3.8, 4) is 0 Å². The summed E-state index contributed by atoms with van der Waals surface area (Å²) < 4.78 is 0.